The van der Waals surface area contributed by atoms with Crippen LogP contribution in [0.5, 0.6) is 0 Å². The van der Waals surface area contributed by atoms with Gasteiger partial charge in [-0.1, -0.05) is 29.3 Å². The zero-order valence-electron chi connectivity index (χ0n) is 18.4. The predicted octanol–water partition coefficient (Wildman–Crippen LogP) is 1.96. The number of carbonyl (C=O) groups excluding carboxylic acids is 1. The van der Waals surface area contributed by atoms with E-state index in [-0.39, 0.29) is 36.2 Å². The average Bonchev–Trinajstić information content (AvgIpc) is 3.28. The zero-order chi connectivity index (χ0) is 22.9. The van der Waals surface area contributed by atoms with Gasteiger partial charge in [0.1, 0.15) is 9.84 Å². The zero-order valence-corrected chi connectivity index (χ0v) is 20.7. The van der Waals surface area contributed by atoms with Crippen molar-refractivity contribution in [3.05, 3.63) is 33.8 Å². The van der Waals surface area contributed by atoms with Crippen LogP contribution >= 0.6 is 23.2 Å². The third-order valence-corrected chi connectivity index (χ3v) is 8.50. The molecule has 1 aromatic carbocycles. The number of sulfone groups is 1. The third-order valence-electron chi connectivity index (χ3n) is 6.84. The molecule has 0 N–H and O–H groups in total. The van der Waals surface area contributed by atoms with Gasteiger partial charge >= 0.3 is 0 Å². The normalized spacial score (nSPS) is 27.5. The van der Waals surface area contributed by atoms with Crippen LogP contribution in [0.3, 0.4) is 0 Å². The molecule has 1 aromatic rings. The van der Waals surface area contributed by atoms with Gasteiger partial charge < -0.3 is 9.64 Å². The summed E-state index contributed by atoms with van der Waals surface area (Å²) >= 11 is 12.2. The first kappa shape index (κ1) is 24.2. The number of carbonyl (C=O) groups is 1. The number of hydrogen-bond donors (Lipinski definition) is 0. The summed E-state index contributed by atoms with van der Waals surface area (Å²) in [7, 11) is -3.07. The summed E-state index contributed by atoms with van der Waals surface area (Å²) in [5, 5.41) is 0.919. The number of hydrogen-bond acceptors (Lipinski definition) is 6. The molecule has 0 aromatic heterocycles. The Morgan fingerprint density at radius 3 is 2.47 bits per heavy atom. The van der Waals surface area contributed by atoms with E-state index in [1.165, 1.54) is 6.26 Å². The maximum absolute atomic E-state index is 13.5. The first-order valence-corrected chi connectivity index (χ1v) is 14.0. The highest BCUT2D eigenvalue weighted by Gasteiger charge is 2.47. The summed E-state index contributed by atoms with van der Waals surface area (Å²) in [6.07, 6.45) is 3.84. The maximum Gasteiger partial charge on any atom is 0.227 e. The number of piperazine rings is 1. The quantitative estimate of drug-likeness (QED) is 0.590. The molecule has 10 heteroatoms. The van der Waals surface area contributed by atoms with Gasteiger partial charge in [-0.05, 0) is 43.6 Å². The van der Waals surface area contributed by atoms with Crippen LogP contribution in [0.4, 0.5) is 0 Å². The largest absolute Gasteiger partial charge is 0.378 e. The molecule has 0 bridgehead atoms. The van der Waals surface area contributed by atoms with Gasteiger partial charge in [0, 0.05) is 25.9 Å². The topological polar surface area (TPSA) is 70.2 Å². The monoisotopic (exact) mass is 503 g/mol. The van der Waals surface area contributed by atoms with E-state index in [1.807, 2.05) is 11.0 Å². The number of ether oxygens (including phenoxy) is 1. The number of fused-ring (bicyclic) bond motifs is 1. The Bertz CT molecular complexity index is 939. The van der Waals surface area contributed by atoms with E-state index < -0.39 is 9.84 Å². The summed E-state index contributed by atoms with van der Waals surface area (Å²) in [5.41, 5.74) is 0.838. The van der Waals surface area contributed by atoms with E-state index in [2.05, 4.69) is 9.80 Å². The van der Waals surface area contributed by atoms with Gasteiger partial charge in [0.05, 0.1) is 53.6 Å². The van der Waals surface area contributed by atoms with Crippen molar-refractivity contribution in [2.24, 2.45) is 0 Å². The molecule has 4 rings (SSSR count). The molecular formula is C22H31Cl2N3O4S. The fourth-order valence-corrected chi connectivity index (χ4v) is 6.11. The van der Waals surface area contributed by atoms with Crippen molar-refractivity contribution < 1.29 is 17.9 Å². The van der Waals surface area contributed by atoms with E-state index in [0.29, 0.717) is 42.9 Å². The van der Waals surface area contributed by atoms with Gasteiger partial charge in [-0.25, -0.2) is 8.42 Å². The molecule has 7 nitrogen and oxygen atoms in total. The molecule has 2 unspecified atom stereocenters. The summed E-state index contributed by atoms with van der Waals surface area (Å²) in [5.74, 6) is 0.175. The first-order chi connectivity index (χ1) is 15.2. The van der Waals surface area contributed by atoms with Crippen molar-refractivity contribution >= 4 is 38.9 Å². The van der Waals surface area contributed by atoms with Gasteiger partial charge in [-0.15, -0.1) is 0 Å². The Kier molecular flexibility index (Phi) is 7.69. The highest BCUT2D eigenvalue weighted by molar-refractivity contribution is 7.90. The highest BCUT2D eigenvalue weighted by Crippen LogP contribution is 2.30. The van der Waals surface area contributed by atoms with Crippen LogP contribution in [0.1, 0.15) is 18.4 Å². The van der Waals surface area contributed by atoms with Gasteiger partial charge in [0.2, 0.25) is 5.91 Å². The van der Waals surface area contributed by atoms with Crippen LogP contribution in [0.15, 0.2) is 18.2 Å². The fraction of sp³-hybridized carbons (Fsp3) is 0.682. The van der Waals surface area contributed by atoms with Gasteiger partial charge in [-0.3, -0.25) is 14.6 Å². The van der Waals surface area contributed by atoms with Crippen molar-refractivity contribution in [2.45, 2.75) is 37.4 Å². The number of rotatable bonds is 6. The van der Waals surface area contributed by atoms with Crippen LogP contribution in [-0.4, -0.2) is 105 Å². The van der Waals surface area contributed by atoms with Crippen molar-refractivity contribution in [1.82, 2.24) is 14.7 Å². The molecule has 3 fully saturated rings. The molecule has 0 radical (unpaired) electrons. The van der Waals surface area contributed by atoms with Crippen molar-refractivity contribution in [3.8, 4) is 0 Å². The maximum atomic E-state index is 13.5. The van der Waals surface area contributed by atoms with Gasteiger partial charge in [0.25, 0.3) is 0 Å². The third kappa shape index (κ3) is 5.59. The summed E-state index contributed by atoms with van der Waals surface area (Å²) in [6.45, 7) is 4.80. The molecule has 3 aliphatic heterocycles. The van der Waals surface area contributed by atoms with Crippen molar-refractivity contribution in [1.29, 1.82) is 0 Å². The lowest BCUT2D eigenvalue weighted by Gasteiger charge is -2.54. The van der Waals surface area contributed by atoms with Gasteiger partial charge in [0.15, 0.2) is 0 Å². The van der Waals surface area contributed by atoms with Crippen molar-refractivity contribution in [2.75, 3.05) is 57.9 Å². The summed E-state index contributed by atoms with van der Waals surface area (Å²) < 4.78 is 29.6. The molecule has 178 valence electrons. The Balaban J connectivity index is 1.56. The second kappa shape index (κ2) is 10.2. The molecule has 3 saturated heterocycles. The second-order valence-corrected chi connectivity index (χ2v) is 12.2. The highest BCUT2D eigenvalue weighted by atomic mass is 35.5. The molecule has 32 heavy (non-hydrogen) atoms. The number of likely N-dealkylation sites (tertiary alicyclic amines) is 1. The molecular weight excluding hydrogens is 473 g/mol. The molecule has 1 amide bonds. The minimum absolute atomic E-state index is 0.0115. The minimum atomic E-state index is -3.07. The second-order valence-electron chi connectivity index (χ2n) is 9.08. The van der Waals surface area contributed by atoms with Crippen LogP contribution in [0, 0.1) is 0 Å². The van der Waals surface area contributed by atoms with Crippen LogP contribution in [-0.2, 0) is 25.8 Å². The van der Waals surface area contributed by atoms with Crippen LogP contribution < -0.4 is 0 Å². The molecule has 3 aliphatic rings. The fourth-order valence-electron chi connectivity index (χ4n) is 5.22. The van der Waals surface area contributed by atoms with Crippen LogP contribution in [0.25, 0.3) is 0 Å². The Labute approximate surface area is 200 Å². The van der Waals surface area contributed by atoms with Gasteiger partial charge in [-0.2, -0.15) is 0 Å². The molecule has 3 atom stereocenters. The number of nitrogens with zero attached hydrogens (tertiary/aromatic N) is 3. The van der Waals surface area contributed by atoms with E-state index in [1.54, 1.807) is 12.1 Å². The standard InChI is InChI=1S/C22H31Cl2N3O4S/c1-32(29,30)11-10-26-8-9-27(21(28)13-16-4-5-17(23)18(24)12-16)22-19(14-31-15-20(22)26)25-6-2-3-7-25/h4-5,12,19-20,22H,2-3,6-11,13-15H2,1H3/t19?,20?,22-/m1/s1. The summed E-state index contributed by atoms with van der Waals surface area (Å²) in [6, 6.07) is 5.40. The number of amides is 1. The van der Waals surface area contributed by atoms with E-state index in [9.17, 15) is 13.2 Å². The lowest BCUT2D eigenvalue weighted by molar-refractivity contribution is -0.152. The van der Waals surface area contributed by atoms with Crippen molar-refractivity contribution in [3.63, 3.8) is 0 Å². The molecule has 0 saturated carbocycles. The number of benzene rings is 1. The molecule has 3 heterocycles. The predicted molar refractivity (Wildman–Crippen MR) is 126 cm³/mol. The molecule has 0 spiro atoms. The smallest absolute Gasteiger partial charge is 0.227 e. The average molecular weight is 504 g/mol. The number of halogens is 2. The van der Waals surface area contributed by atoms with E-state index in [0.717, 1.165) is 31.5 Å². The lowest BCUT2D eigenvalue weighted by Crippen LogP contribution is -2.71. The van der Waals surface area contributed by atoms with E-state index in [4.69, 9.17) is 27.9 Å². The Morgan fingerprint density at radius 1 is 1.06 bits per heavy atom. The first-order valence-electron chi connectivity index (χ1n) is 11.2. The Hall–Kier alpha value is -0.900. The minimum Gasteiger partial charge on any atom is -0.378 e. The summed E-state index contributed by atoms with van der Waals surface area (Å²) in [4.78, 5) is 20.1. The SMILES string of the molecule is CS(=O)(=O)CCN1CCN(C(=O)Cc2ccc(Cl)c(Cl)c2)[C@@H]2C(N3CCCC3)COCC21. The lowest BCUT2D eigenvalue weighted by atomic mass is 9.91. The Morgan fingerprint density at radius 2 is 1.78 bits per heavy atom. The van der Waals surface area contributed by atoms with E-state index >= 15 is 0 Å². The van der Waals surface area contributed by atoms with Crippen LogP contribution in [0.2, 0.25) is 10.0 Å². The molecule has 0 aliphatic carbocycles.